The van der Waals surface area contributed by atoms with Crippen molar-refractivity contribution in [2.75, 3.05) is 26.2 Å². The van der Waals surface area contributed by atoms with Crippen LogP contribution in [0.5, 0.6) is 0 Å². The lowest BCUT2D eigenvalue weighted by molar-refractivity contribution is 0.193. The number of hydrogen-bond donors (Lipinski definition) is 1. The molecule has 2 aliphatic heterocycles. The number of piperidine rings is 1. The zero-order valence-electron chi connectivity index (χ0n) is 12.9. The van der Waals surface area contributed by atoms with Gasteiger partial charge in [0.2, 0.25) is 0 Å². The van der Waals surface area contributed by atoms with Crippen molar-refractivity contribution in [1.82, 2.24) is 25.2 Å². The summed E-state index contributed by atoms with van der Waals surface area (Å²) in [5.41, 5.74) is 2.69. The summed E-state index contributed by atoms with van der Waals surface area (Å²) in [5.74, 6) is 0. The Kier molecular flexibility index (Phi) is 3.68. The summed E-state index contributed by atoms with van der Waals surface area (Å²) in [6, 6.07) is 10.2. The molecule has 116 valence electrons. The second-order valence-corrected chi connectivity index (χ2v) is 6.70. The smallest absolute Gasteiger partial charge is 0.0971 e. The molecule has 2 saturated heterocycles. The molecule has 2 aliphatic rings. The summed E-state index contributed by atoms with van der Waals surface area (Å²) in [4.78, 5) is 2.55. The van der Waals surface area contributed by atoms with E-state index in [0.29, 0.717) is 5.41 Å². The topological polar surface area (TPSA) is 46.0 Å². The van der Waals surface area contributed by atoms with Gasteiger partial charge in [-0.05, 0) is 56.4 Å². The third-order valence-electron chi connectivity index (χ3n) is 5.13. The Labute approximate surface area is 131 Å². The Morgan fingerprint density at radius 1 is 1.09 bits per heavy atom. The number of hydrogen-bond acceptors (Lipinski definition) is 4. The highest BCUT2D eigenvalue weighted by molar-refractivity contribution is 5.29. The van der Waals surface area contributed by atoms with Crippen LogP contribution in [0.1, 0.15) is 25.0 Å². The van der Waals surface area contributed by atoms with E-state index in [4.69, 9.17) is 0 Å². The van der Waals surface area contributed by atoms with Gasteiger partial charge in [0.25, 0.3) is 0 Å². The molecule has 1 aromatic carbocycles. The molecule has 0 unspecified atom stereocenters. The molecule has 0 radical (unpaired) electrons. The third kappa shape index (κ3) is 2.78. The maximum atomic E-state index is 4.35. The second-order valence-electron chi connectivity index (χ2n) is 6.70. The lowest BCUT2D eigenvalue weighted by atomic mass is 9.78. The fourth-order valence-corrected chi connectivity index (χ4v) is 3.83. The maximum absolute atomic E-state index is 4.35. The summed E-state index contributed by atoms with van der Waals surface area (Å²) in [6.07, 6.45) is 6.03. The molecule has 4 rings (SSSR count). The second kappa shape index (κ2) is 5.82. The summed E-state index contributed by atoms with van der Waals surface area (Å²) in [6.45, 7) is 5.68. The van der Waals surface area contributed by atoms with Gasteiger partial charge in [-0.1, -0.05) is 23.4 Å². The van der Waals surface area contributed by atoms with Crippen molar-refractivity contribution < 1.29 is 0 Å². The van der Waals surface area contributed by atoms with Gasteiger partial charge < -0.3 is 5.32 Å². The molecule has 0 atom stereocenters. The van der Waals surface area contributed by atoms with Gasteiger partial charge in [-0.15, -0.1) is 5.10 Å². The maximum Gasteiger partial charge on any atom is 0.0971 e. The zero-order chi connectivity index (χ0) is 14.8. The lowest BCUT2D eigenvalue weighted by Gasteiger charge is -2.33. The van der Waals surface area contributed by atoms with Crippen molar-refractivity contribution in [2.45, 2.75) is 25.8 Å². The Balaban J connectivity index is 1.41. The van der Waals surface area contributed by atoms with Crippen LogP contribution >= 0.6 is 0 Å². The molecule has 1 aromatic heterocycles. The van der Waals surface area contributed by atoms with E-state index in [2.05, 4.69) is 38.9 Å². The van der Waals surface area contributed by atoms with Crippen LogP contribution in [0.4, 0.5) is 0 Å². The first-order valence-corrected chi connectivity index (χ1v) is 8.23. The van der Waals surface area contributed by atoms with Gasteiger partial charge in [0.15, 0.2) is 0 Å². The number of para-hydroxylation sites is 1. The first kappa shape index (κ1) is 13.9. The fourth-order valence-electron chi connectivity index (χ4n) is 3.83. The van der Waals surface area contributed by atoms with E-state index in [1.54, 1.807) is 0 Å². The number of nitrogens with one attached hydrogen (secondary N) is 1. The fraction of sp³-hybridized carbons (Fsp3) is 0.529. The van der Waals surface area contributed by atoms with E-state index in [0.717, 1.165) is 17.9 Å². The van der Waals surface area contributed by atoms with E-state index < -0.39 is 0 Å². The summed E-state index contributed by atoms with van der Waals surface area (Å²) < 4.78 is 1.87. The van der Waals surface area contributed by atoms with Crippen LogP contribution in [-0.2, 0) is 6.54 Å². The minimum absolute atomic E-state index is 0.556. The number of nitrogens with zero attached hydrogens (tertiary/aromatic N) is 4. The van der Waals surface area contributed by atoms with Gasteiger partial charge in [-0.2, -0.15) is 0 Å². The lowest BCUT2D eigenvalue weighted by Crippen LogP contribution is -2.38. The minimum Gasteiger partial charge on any atom is -0.317 e. The van der Waals surface area contributed by atoms with Crippen LogP contribution < -0.4 is 5.32 Å². The molecule has 0 bridgehead atoms. The molecule has 1 spiro atoms. The zero-order valence-corrected chi connectivity index (χ0v) is 12.9. The number of aromatic nitrogens is 3. The Morgan fingerprint density at radius 2 is 1.91 bits per heavy atom. The quantitative estimate of drug-likeness (QED) is 0.939. The molecule has 22 heavy (non-hydrogen) atoms. The molecule has 0 aliphatic carbocycles. The van der Waals surface area contributed by atoms with E-state index >= 15 is 0 Å². The molecular formula is C17H23N5. The third-order valence-corrected chi connectivity index (χ3v) is 5.13. The van der Waals surface area contributed by atoms with E-state index in [1.165, 1.54) is 45.4 Å². The van der Waals surface area contributed by atoms with Gasteiger partial charge in [0.05, 0.1) is 17.6 Å². The highest BCUT2D eigenvalue weighted by atomic mass is 15.4. The molecule has 1 N–H and O–H groups in total. The van der Waals surface area contributed by atoms with Crippen LogP contribution in [0.15, 0.2) is 36.5 Å². The van der Waals surface area contributed by atoms with Gasteiger partial charge >= 0.3 is 0 Å². The number of likely N-dealkylation sites (tertiary alicyclic amines) is 1. The molecule has 2 aromatic rings. The number of benzene rings is 1. The first-order chi connectivity index (χ1) is 10.8. The first-order valence-electron chi connectivity index (χ1n) is 8.23. The Morgan fingerprint density at radius 3 is 2.73 bits per heavy atom. The molecule has 5 heteroatoms. The minimum atomic E-state index is 0.556. The van der Waals surface area contributed by atoms with Crippen LogP contribution in [-0.4, -0.2) is 46.1 Å². The Hall–Kier alpha value is -1.72. The predicted molar refractivity (Wildman–Crippen MR) is 85.8 cm³/mol. The van der Waals surface area contributed by atoms with Gasteiger partial charge in [0.1, 0.15) is 0 Å². The summed E-state index contributed by atoms with van der Waals surface area (Å²) in [7, 11) is 0. The van der Waals surface area contributed by atoms with Crippen molar-refractivity contribution in [3.63, 3.8) is 0 Å². The standard InChI is InChI=1S/C17H23N5/c1-2-4-16(5-3-1)22-13-15(19-20-22)12-21-11-8-17(14-21)6-9-18-10-7-17/h1-5,13,18H,6-12,14H2. The van der Waals surface area contributed by atoms with Gasteiger partial charge in [0, 0.05) is 13.1 Å². The normalized spacial score (nSPS) is 21.5. The monoisotopic (exact) mass is 297 g/mol. The van der Waals surface area contributed by atoms with Gasteiger partial charge in [-0.3, -0.25) is 4.90 Å². The van der Waals surface area contributed by atoms with E-state index in [9.17, 15) is 0 Å². The average molecular weight is 297 g/mol. The largest absolute Gasteiger partial charge is 0.317 e. The van der Waals surface area contributed by atoms with Crippen molar-refractivity contribution in [3.8, 4) is 5.69 Å². The SMILES string of the molecule is c1ccc(-n2cc(CN3CCC4(CCNCC4)C3)nn2)cc1. The Bertz CT molecular complexity index is 615. The average Bonchev–Trinajstić information content (AvgIpc) is 3.17. The van der Waals surface area contributed by atoms with Crippen LogP contribution in [0.25, 0.3) is 5.69 Å². The van der Waals surface area contributed by atoms with Crippen LogP contribution in [0, 0.1) is 5.41 Å². The molecular weight excluding hydrogens is 274 g/mol. The molecule has 5 nitrogen and oxygen atoms in total. The molecule has 2 fully saturated rings. The van der Waals surface area contributed by atoms with Crippen LogP contribution in [0.2, 0.25) is 0 Å². The molecule has 0 saturated carbocycles. The van der Waals surface area contributed by atoms with Crippen LogP contribution in [0.3, 0.4) is 0 Å². The highest BCUT2D eigenvalue weighted by Crippen LogP contribution is 2.38. The predicted octanol–water partition coefficient (Wildman–Crippen LogP) is 1.84. The molecule has 0 amide bonds. The highest BCUT2D eigenvalue weighted by Gasteiger charge is 2.38. The number of rotatable bonds is 3. The van der Waals surface area contributed by atoms with E-state index in [1.807, 2.05) is 22.9 Å². The van der Waals surface area contributed by atoms with Crippen molar-refractivity contribution in [1.29, 1.82) is 0 Å². The van der Waals surface area contributed by atoms with Crippen molar-refractivity contribution in [3.05, 3.63) is 42.2 Å². The molecule has 3 heterocycles. The summed E-state index contributed by atoms with van der Waals surface area (Å²) >= 11 is 0. The van der Waals surface area contributed by atoms with Crippen molar-refractivity contribution >= 4 is 0 Å². The summed E-state index contributed by atoms with van der Waals surface area (Å²) in [5, 5.41) is 12.1. The van der Waals surface area contributed by atoms with Crippen molar-refractivity contribution in [2.24, 2.45) is 5.41 Å². The van der Waals surface area contributed by atoms with Gasteiger partial charge in [-0.25, -0.2) is 4.68 Å². The van der Waals surface area contributed by atoms with E-state index in [-0.39, 0.29) is 0 Å².